The number of fused-ring (bicyclic) bond motifs is 3. The Morgan fingerprint density at radius 1 is 0.444 bits per heavy atom. The number of rotatable bonds is 2. The molecule has 0 saturated carbocycles. The molecule has 0 atom stereocenters. The standard InChI is InChI=1S/C25H16Cl2/c26-22-7-1-16(2-8-22)18-5-11-24-20(13-18)15-21-14-19(6-12-25(21)24)17-3-9-23(27)10-4-17/h1-14H,15H2. The van der Waals surface area contributed by atoms with Gasteiger partial charge >= 0.3 is 0 Å². The van der Waals surface area contributed by atoms with Crippen molar-refractivity contribution in [1.82, 2.24) is 0 Å². The average molecular weight is 387 g/mol. The van der Waals surface area contributed by atoms with Crippen molar-refractivity contribution in [2.24, 2.45) is 0 Å². The Hall–Kier alpha value is -2.54. The molecule has 0 N–H and O–H groups in total. The molecule has 0 bridgehead atoms. The van der Waals surface area contributed by atoms with Gasteiger partial charge in [-0.3, -0.25) is 0 Å². The third-order valence-corrected chi connectivity index (χ3v) is 5.74. The maximum atomic E-state index is 6.02. The molecule has 0 fully saturated rings. The van der Waals surface area contributed by atoms with E-state index in [1.807, 2.05) is 24.3 Å². The lowest BCUT2D eigenvalue weighted by Crippen LogP contribution is -1.84. The summed E-state index contributed by atoms with van der Waals surface area (Å²) in [6, 6.07) is 29.6. The first-order chi connectivity index (χ1) is 13.2. The van der Waals surface area contributed by atoms with E-state index in [0.717, 1.165) is 16.5 Å². The van der Waals surface area contributed by atoms with Crippen molar-refractivity contribution >= 4 is 23.2 Å². The van der Waals surface area contributed by atoms with Crippen LogP contribution in [-0.4, -0.2) is 0 Å². The van der Waals surface area contributed by atoms with E-state index in [1.54, 1.807) is 0 Å². The highest BCUT2D eigenvalue weighted by atomic mass is 35.5. The van der Waals surface area contributed by atoms with Crippen molar-refractivity contribution in [2.75, 3.05) is 0 Å². The van der Waals surface area contributed by atoms with E-state index in [4.69, 9.17) is 23.2 Å². The minimum atomic E-state index is 0.766. The van der Waals surface area contributed by atoms with Crippen LogP contribution in [0.2, 0.25) is 10.0 Å². The summed E-state index contributed by atoms with van der Waals surface area (Å²) in [5.74, 6) is 0. The Kier molecular flexibility index (Phi) is 4.04. The van der Waals surface area contributed by atoms with Crippen LogP contribution in [0.4, 0.5) is 0 Å². The van der Waals surface area contributed by atoms with E-state index < -0.39 is 0 Å². The zero-order chi connectivity index (χ0) is 18.4. The predicted octanol–water partition coefficient (Wildman–Crippen LogP) is 7.90. The zero-order valence-corrected chi connectivity index (χ0v) is 16.1. The van der Waals surface area contributed by atoms with Crippen LogP contribution in [0.5, 0.6) is 0 Å². The lowest BCUT2D eigenvalue weighted by Gasteiger charge is -2.07. The quantitative estimate of drug-likeness (QED) is 0.289. The molecule has 1 aliphatic carbocycles. The third kappa shape index (κ3) is 3.06. The summed E-state index contributed by atoms with van der Waals surface area (Å²) in [6.45, 7) is 0. The van der Waals surface area contributed by atoms with Crippen molar-refractivity contribution in [3.05, 3.63) is 106 Å². The van der Waals surface area contributed by atoms with Crippen LogP contribution in [-0.2, 0) is 6.42 Å². The molecule has 0 aromatic heterocycles. The van der Waals surface area contributed by atoms with Gasteiger partial charge in [-0.2, -0.15) is 0 Å². The second-order valence-electron chi connectivity index (χ2n) is 6.93. The van der Waals surface area contributed by atoms with Crippen LogP contribution >= 0.6 is 23.2 Å². The van der Waals surface area contributed by atoms with Gasteiger partial charge in [0, 0.05) is 10.0 Å². The van der Waals surface area contributed by atoms with E-state index in [-0.39, 0.29) is 0 Å². The fourth-order valence-corrected chi connectivity index (χ4v) is 4.11. The highest BCUT2D eigenvalue weighted by Gasteiger charge is 2.19. The monoisotopic (exact) mass is 386 g/mol. The molecule has 4 aromatic rings. The molecular formula is C25H16Cl2. The van der Waals surface area contributed by atoms with Gasteiger partial charge in [-0.25, -0.2) is 0 Å². The van der Waals surface area contributed by atoms with Crippen LogP contribution in [0.1, 0.15) is 11.1 Å². The Labute approximate surface area is 169 Å². The van der Waals surface area contributed by atoms with Gasteiger partial charge in [0.1, 0.15) is 0 Å². The molecular weight excluding hydrogens is 371 g/mol. The normalized spacial score (nSPS) is 11.9. The SMILES string of the molecule is Clc1ccc(-c2ccc3c(c2)Cc2cc(-c4ccc(Cl)cc4)ccc2-3)cc1. The maximum Gasteiger partial charge on any atom is 0.0406 e. The predicted molar refractivity (Wildman–Crippen MR) is 116 cm³/mol. The summed E-state index contributed by atoms with van der Waals surface area (Å²) >= 11 is 12.0. The average Bonchev–Trinajstić information content (AvgIpc) is 3.06. The lowest BCUT2D eigenvalue weighted by atomic mass is 9.98. The number of benzene rings is 4. The molecule has 0 spiro atoms. The topological polar surface area (TPSA) is 0 Å². The lowest BCUT2D eigenvalue weighted by molar-refractivity contribution is 1.26. The molecule has 4 aromatic carbocycles. The van der Waals surface area contributed by atoms with Gasteiger partial charge in [0.05, 0.1) is 0 Å². The van der Waals surface area contributed by atoms with Gasteiger partial charge in [-0.15, -0.1) is 0 Å². The molecule has 0 amide bonds. The summed E-state index contributed by atoms with van der Waals surface area (Å²) < 4.78 is 0. The van der Waals surface area contributed by atoms with E-state index >= 15 is 0 Å². The molecule has 0 unspecified atom stereocenters. The van der Waals surface area contributed by atoms with E-state index in [1.165, 1.54) is 44.5 Å². The van der Waals surface area contributed by atoms with Crippen LogP contribution in [0.3, 0.4) is 0 Å². The smallest absolute Gasteiger partial charge is 0.0406 e. The van der Waals surface area contributed by atoms with Gasteiger partial charge in [0.15, 0.2) is 0 Å². The summed E-state index contributed by atoms with van der Waals surface area (Å²) in [4.78, 5) is 0. The highest BCUT2D eigenvalue weighted by Crippen LogP contribution is 2.40. The first-order valence-corrected chi connectivity index (χ1v) is 9.71. The van der Waals surface area contributed by atoms with Gasteiger partial charge in [0.2, 0.25) is 0 Å². The molecule has 0 radical (unpaired) electrons. The summed E-state index contributed by atoms with van der Waals surface area (Å²) in [7, 11) is 0. The molecule has 2 heteroatoms. The number of hydrogen-bond acceptors (Lipinski definition) is 0. The molecule has 0 saturated heterocycles. The van der Waals surface area contributed by atoms with Crippen LogP contribution in [0, 0.1) is 0 Å². The molecule has 130 valence electrons. The van der Waals surface area contributed by atoms with Crippen molar-refractivity contribution < 1.29 is 0 Å². The molecule has 0 aliphatic heterocycles. The van der Waals surface area contributed by atoms with Gasteiger partial charge in [0.25, 0.3) is 0 Å². The first-order valence-electron chi connectivity index (χ1n) is 8.95. The zero-order valence-electron chi connectivity index (χ0n) is 14.5. The van der Waals surface area contributed by atoms with Gasteiger partial charge in [-0.05, 0) is 75.2 Å². The Morgan fingerprint density at radius 2 is 0.815 bits per heavy atom. The Balaban J connectivity index is 1.51. The Morgan fingerprint density at radius 3 is 1.22 bits per heavy atom. The van der Waals surface area contributed by atoms with Gasteiger partial charge < -0.3 is 0 Å². The molecule has 5 rings (SSSR count). The summed E-state index contributed by atoms with van der Waals surface area (Å²) in [5.41, 5.74) is 10.3. The van der Waals surface area contributed by atoms with Crippen molar-refractivity contribution in [3.8, 4) is 33.4 Å². The summed E-state index contributed by atoms with van der Waals surface area (Å²) in [5, 5.41) is 1.53. The van der Waals surface area contributed by atoms with E-state index in [2.05, 4.69) is 60.7 Å². The van der Waals surface area contributed by atoms with E-state index in [9.17, 15) is 0 Å². The molecule has 0 heterocycles. The minimum Gasteiger partial charge on any atom is -0.0843 e. The van der Waals surface area contributed by atoms with Gasteiger partial charge in [-0.1, -0.05) is 83.9 Å². The largest absolute Gasteiger partial charge is 0.0843 e. The first kappa shape index (κ1) is 16.6. The fourth-order valence-electron chi connectivity index (χ4n) is 3.85. The fraction of sp³-hybridized carbons (Fsp3) is 0.0400. The highest BCUT2D eigenvalue weighted by molar-refractivity contribution is 6.30. The molecule has 0 nitrogen and oxygen atoms in total. The van der Waals surface area contributed by atoms with Crippen molar-refractivity contribution in [3.63, 3.8) is 0 Å². The number of halogens is 2. The Bertz CT molecular complexity index is 1050. The molecule has 1 aliphatic rings. The molecule has 27 heavy (non-hydrogen) atoms. The van der Waals surface area contributed by atoms with Crippen molar-refractivity contribution in [2.45, 2.75) is 6.42 Å². The number of hydrogen-bond donors (Lipinski definition) is 0. The van der Waals surface area contributed by atoms with Crippen LogP contribution in [0.15, 0.2) is 84.9 Å². The second-order valence-corrected chi connectivity index (χ2v) is 7.81. The van der Waals surface area contributed by atoms with Crippen LogP contribution < -0.4 is 0 Å². The van der Waals surface area contributed by atoms with Crippen molar-refractivity contribution in [1.29, 1.82) is 0 Å². The third-order valence-electron chi connectivity index (χ3n) is 5.24. The van der Waals surface area contributed by atoms with Crippen LogP contribution in [0.25, 0.3) is 33.4 Å². The summed E-state index contributed by atoms with van der Waals surface area (Å²) in [6.07, 6.45) is 0.966. The maximum absolute atomic E-state index is 6.02. The second kappa shape index (κ2) is 6.56. The van der Waals surface area contributed by atoms with E-state index in [0.29, 0.717) is 0 Å². The minimum absolute atomic E-state index is 0.766.